The van der Waals surface area contributed by atoms with Crippen LogP contribution in [0.4, 0.5) is 46.5 Å². The van der Waals surface area contributed by atoms with Gasteiger partial charge in [0.2, 0.25) is 5.78 Å². The van der Waals surface area contributed by atoms with Crippen LogP contribution in [0.15, 0.2) is 23.9 Å². The molecule has 0 fully saturated rings. The SMILES string of the molecule is Cc1cc2c(cc1C)NC(O)(C(F)(F)F)C(C(=O)C(F)(F)C(F)(F)F)=CN2. The van der Waals surface area contributed by atoms with Crippen molar-refractivity contribution in [3.63, 3.8) is 0 Å². The van der Waals surface area contributed by atoms with Crippen LogP contribution in [0.2, 0.25) is 0 Å². The molecular formula is C15H12F8N2O2. The monoisotopic (exact) mass is 404 g/mol. The largest absolute Gasteiger partial charge is 0.461 e. The minimum absolute atomic E-state index is 0.0108. The number of benzene rings is 1. The third-order valence-corrected chi connectivity index (χ3v) is 4.01. The first-order valence-corrected chi connectivity index (χ1v) is 7.17. The highest BCUT2D eigenvalue weighted by Gasteiger charge is 2.69. The summed E-state index contributed by atoms with van der Waals surface area (Å²) >= 11 is 0. The van der Waals surface area contributed by atoms with Crippen LogP contribution in [0.1, 0.15) is 11.1 Å². The molecule has 3 N–H and O–H groups in total. The lowest BCUT2D eigenvalue weighted by atomic mass is 9.94. The molecule has 0 aromatic heterocycles. The Balaban J connectivity index is 2.68. The molecular weight excluding hydrogens is 392 g/mol. The third kappa shape index (κ3) is 3.33. The van der Waals surface area contributed by atoms with Gasteiger partial charge in [0, 0.05) is 6.20 Å². The molecule has 0 saturated carbocycles. The summed E-state index contributed by atoms with van der Waals surface area (Å²) in [4.78, 5) is 11.7. The number of halogens is 8. The van der Waals surface area contributed by atoms with Gasteiger partial charge in [0.25, 0.3) is 5.72 Å². The van der Waals surface area contributed by atoms with Gasteiger partial charge in [0.05, 0.1) is 16.9 Å². The Labute approximate surface area is 146 Å². The number of aliphatic hydroxyl groups is 1. The molecule has 0 spiro atoms. The zero-order chi connectivity index (χ0) is 21.0. The van der Waals surface area contributed by atoms with Gasteiger partial charge in [-0.3, -0.25) is 4.79 Å². The molecule has 0 aliphatic carbocycles. The standard InChI is InChI=1S/C15H12F8N2O2/c1-6-3-9-10(4-7(6)2)25-13(27,15(21,22)23)8(5-24-9)11(26)12(16,17)14(18,19)20/h3-5,24-25,27H,1-2H3. The Morgan fingerprint density at radius 1 is 0.963 bits per heavy atom. The number of nitrogens with one attached hydrogen (secondary N) is 2. The number of Topliss-reactive ketones (excluding diaryl/α,β-unsaturated/α-hetero) is 1. The lowest BCUT2D eigenvalue weighted by Gasteiger charge is -2.34. The number of rotatable bonds is 2. The van der Waals surface area contributed by atoms with Gasteiger partial charge >= 0.3 is 18.3 Å². The number of hydrogen-bond donors (Lipinski definition) is 3. The molecule has 1 aromatic rings. The van der Waals surface area contributed by atoms with Crippen molar-refractivity contribution < 1.29 is 45.0 Å². The number of aryl methyl sites for hydroxylation is 2. The van der Waals surface area contributed by atoms with Gasteiger partial charge in [0.15, 0.2) is 0 Å². The molecule has 0 bridgehead atoms. The van der Waals surface area contributed by atoms with Crippen molar-refractivity contribution in [1.82, 2.24) is 0 Å². The summed E-state index contributed by atoms with van der Waals surface area (Å²) < 4.78 is 104. The van der Waals surface area contributed by atoms with Crippen LogP contribution >= 0.6 is 0 Å². The second-order valence-corrected chi connectivity index (χ2v) is 5.92. The number of carbonyl (C=O) groups excluding carboxylic acids is 1. The van der Waals surface area contributed by atoms with Crippen LogP contribution in [0.25, 0.3) is 0 Å². The quantitative estimate of drug-likeness (QED) is 0.652. The number of alkyl halides is 8. The fourth-order valence-electron chi connectivity index (χ4n) is 2.31. The fraction of sp³-hybridized carbons (Fsp3) is 0.400. The van der Waals surface area contributed by atoms with Crippen LogP contribution in [-0.4, -0.2) is 34.9 Å². The Bertz CT molecular complexity index is 813. The number of carbonyl (C=O) groups is 1. The van der Waals surface area contributed by atoms with Crippen LogP contribution in [0.5, 0.6) is 0 Å². The Kier molecular flexibility index (Phi) is 4.71. The first kappa shape index (κ1) is 20.9. The normalized spacial score (nSPS) is 20.8. The second-order valence-electron chi connectivity index (χ2n) is 5.92. The third-order valence-electron chi connectivity index (χ3n) is 4.01. The number of ketones is 1. The predicted octanol–water partition coefficient (Wildman–Crippen LogP) is 4.04. The van der Waals surface area contributed by atoms with Gasteiger partial charge < -0.3 is 15.7 Å². The highest BCUT2D eigenvalue weighted by Crippen LogP contribution is 2.46. The molecule has 1 aliphatic rings. The maximum absolute atomic E-state index is 13.4. The van der Waals surface area contributed by atoms with Crippen molar-refractivity contribution in [2.45, 2.75) is 37.8 Å². The number of anilines is 2. The van der Waals surface area contributed by atoms with E-state index in [0.29, 0.717) is 11.1 Å². The topological polar surface area (TPSA) is 61.4 Å². The zero-order valence-electron chi connectivity index (χ0n) is 13.6. The molecule has 0 amide bonds. The van der Waals surface area contributed by atoms with E-state index in [1.165, 1.54) is 18.3 Å². The van der Waals surface area contributed by atoms with E-state index in [-0.39, 0.29) is 11.9 Å². The lowest BCUT2D eigenvalue weighted by molar-refractivity contribution is -0.271. The molecule has 150 valence electrons. The fourth-order valence-corrected chi connectivity index (χ4v) is 2.31. The molecule has 1 aromatic carbocycles. The smallest absolute Gasteiger partial charge is 0.360 e. The molecule has 1 atom stereocenters. The number of fused-ring (bicyclic) bond motifs is 1. The van der Waals surface area contributed by atoms with E-state index in [4.69, 9.17) is 0 Å². The molecule has 0 saturated heterocycles. The molecule has 0 radical (unpaired) electrons. The Hall–Kier alpha value is -2.37. The van der Waals surface area contributed by atoms with E-state index in [0.717, 1.165) is 6.07 Å². The van der Waals surface area contributed by atoms with Crippen LogP contribution in [-0.2, 0) is 4.79 Å². The van der Waals surface area contributed by atoms with Crippen LogP contribution in [0, 0.1) is 13.8 Å². The van der Waals surface area contributed by atoms with E-state index in [9.17, 15) is 45.0 Å². The summed E-state index contributed by atoms with van der Waals surface area (Å²) in [5, 5.41) is 13.5. The van der Waals surface area contributed by atoms with Gasteiger partial charge in [-0.05, 0) is 37.1 Å². The Morgan fingerprint density at radius 3 is 1.89 bits per heavy atom. The van der Waals surface area contributed by atoms with Crippen molar-refractivity contribution in [2.75, 3.05) is 10.6 Å². The molecule has 27 heavy (non-hydrogen) atoms. The minimum atomic E-state index is -6.45. The zero-order valence-corrected chi connectivity index (χ0v) is 13.6. The van der Waals surface area contributed by atoms with Crippen molar-refractivity contribution >= 4 is 17.2 Å². The summed E-state index contributed by atoms with van der Waals surface area (Å²) in [6.45, 7) is 3.05. The van der Waals surface area contributed by atoms with Gasteiger partial charge in [0.1, 0.15) is 0 Å². The maximum atomic E-state index is 13.4. The minimum Gasteiger partial charge on any atom is -0.360 e. The average molecular weight is 404 g/mol. The van der Waals surface area contributed by atoms with Crippen LogP contribution in [0.3, 0.4) is 0 Å². The summed E-state index contributed by atoms with van der Waals surface area (Å²) in [6, 6.07) is 2.37. The van der Waals surface area contributed by atoms with Crippen molar-refractivity contribution in [3.05, 3.63) is 35.0 Å². The second kappa shape index (κ2) is 6.08. The summed E-state index contributed by atoms with van der Waals surface area (Å²) in [5.74, 6) is -9.39. The van der Waals surface area contributed by atoms with Gasteiger partial charge in [-0.2, -0.15) is 35.1 Å². The van der Waals surface area contributed by atoms with E-state index in [2.05, 4.69) is 5.32 Å². The first-order valence-electron chi connectivity index (χ1n) is 7.17. The van der Waals surface area contributed by atoms with Crippen molar-refractivity contribution in [1.29, 1.82) is 0 Å². The van der Waals surface area contributed by atoms with Gasteiger partial charge in [-0.25, -0.2) is 0 Å². The molecule has 4 nitrogen and oxygen atoms in total. The van der Waals surface area contributed by atoms with Crippen molar-refractivity contribution in [2.24, 2.45) is 0 Å². The Morgan fingerprint density at radius 2 is 1.44 bits per heavy atom. The highest BCUT2D eigenvalue weighted by molar-refractivity contribution is 6.04. The van der Waals surface area contributed by atoms with E-state index < -0.39 is 41.0 Å². The van der Waals surface area contributed by atoms with E-state index >= 15 is 0 Å². The maximum Gasteiger partial charge on any atom is 0.461 e. The molecule has 2 rings (SSSR count). The van der Waals surface area contributed by atoms with Crippen LogP contribution < -0.4 is 10.6 Å². The lowest BCUT2D eigenvalue weighted by Crippen LogP contribution is -2.58. The predicted molar refractivity (Wildman–Crippen MR) is 78.3 cm³/mol. The molecule has 1 aliphatic heterocycles. The van der Waals surface area contributed by atoms with Gasteiger partial charge in [-0.1, -0.05) is 0 Å². The molecule has 12 heteroatoms. The van der Waals surface area contributed by atoms with E-state index in [1.54, 1.807) is 6.92 Å². The van der Waals surface area contributed by atoms with E-state index in [1.807, 2.05) is 0 Å². The molecule has 1 heterocycles. The average Bonchev–Trinajstić information content (AvgIpc) is 2.62. The van der Waals surface area contributed by atoms with Gasteiger partial charge in [-0.15, -0.1) is 0 Å². The highest BCUT2D eigenvalue weighted by atomic mass is 19.4. The summed E-state index contributed by atoms with van der Waals surface area (Å²) in [7, 11) is 0. The number of hydrogen-bond acceptors (Lipinski definition) is 4. The summed E-state index contributed by atoms with van der Waals surface area (Å²) in [6.07, 6.45) is -12.3. The van der Waals surface area contributed by atoms with Crippen molar-refractivity contribution in [3.8, 4) is 0 Å². The first-order chi connectivity index (χ1) is 12.0. The molecule has 1 unspecified atom stereocenters. The summed E-state index contributed by atoms with van der Waals surface area (Å²) in [5.41, 5.74) is -6.36.